The first-order valence-electron chi connectivity index (χ1n) is 9.61. The molecule has 0 spiro atoms. The number of nitrogens with one attached hydrogen (secondary N) is 1. The minimum absolute atomic E-state index is 0.229. The summed E-state index contributed by atoms with van der Waals surface area (Å²) in [6.45, 7) is 0.0465. The van der Waals surface area contributed by atoms with Crippen molar-refractivity contribution in [1.29, 1.82) is 0 Å². The predicted octanol–water partition coefficient (Wildman–Crippen LogP) is 2.10. The second kappa shape index (κ2) is 8.16. The van der Waals surface area contributed by atoms with Crippen LogP contribution in [0, 0.1) is 0 Å². The topological polar surface area (TPSA) is 98.1 Å². The third-order valence-corrected chi connectivity index (χ3v) is 5.43. The monoisotopic (exact) mass is 410 g/mol. The Bertz CT molecular complexity index is 1120. The second-order valence-corrected chi connectivity index (χ2v) is 7.17. The van der Waals surface area contributed by atoms with Crippen LogP contribution in [0.2, 0.25) is 0 Å². The average Bonchev–Trinajstić information content (AvgIpc) is 3.37. The number of methoxy groups -OCH3 is 2. The molecule has 1 aliphatic heterocycles. The van der Waals surface area contributed by atoms with Gasteiger partial charge in [-0.2, -0.15) is 0 Å². The van der Waals surface area contributed by atoms with Gasteiger partial charge < -0.3 is 24.1 Å². The molecule has 1 aliphatic rings. The van der Waals surface area contributed by atoms with Crippen LogP contribution in [-0.2, 0) is 19.1 Å². The van der Waals surface area contributed by atoms with Gasteiger partial charge in [-0.1, -0.05) is 18.2 Å². The Morgan fingerprint density at radius 2 is 1.87 bits per heavy atom. The molecule has 2 amide bonds. The van der Waals surface area contributed by atoms with E-state index in [1.54, 1.807) is 18.2 Å². The van der Waals surface area contributed by atoms with Gasteiger partial charge in [0.15, 0.2) is 0 Å². The summed E-state index contributed by atoms with van der Waals surface area (Å²) in [5.74, 6) is -1.24. The van der Waals surface area contributed by atoms with E-state index < -0.39 is 12.0 Å². The van der Waals surface area contributed by atoms with E-state index in [2.05, 4.69) is 5.32 Å². The molecule has 0 bridgehead atoms. The van der Waals surface area contributed by atoms with Crippen LogP contribution in [-0.4, -0.2) is 62.1 Å². The molecule has 3 aromatic rings. The maximum atomic E-state index is 12.7. The van der Waals surface area contributed by atoms with Gasteiger partial charge in [0.25, 0.3) is 5.91 Å². The molecule has 2 heterocycles. The maximum Gasteiger partial charge on any atom is 0.328 e. The summed E-state index contributed by atoms with van der Waals surface area (Å²) in [5, 5.41) is 4.39. The molecule has 0 aliphatic carbocycles. The molecule has 2 atom stereocenters. The van der Waals surface area contributed by atoms with Crippen LogP contribution in [0.1, 0.15) is 16.8 Å². The molecule has 156 valence electrons. The summed E-state index contributed by atoms with van der Waals surface area (Å²) in [5.41, 5.74) is 1.85. The first-order valence-corrected chi connectivity index (χ1v) is 9.61. The smallest absolute Gasteiger partial charge is 0.328 e. The summed E-state index contributed by atoms with van der Waals surface area (Å²) in [4.78, 5) is 38.7. The van der Waals surface area contributed by atoms with Gasteiger partial charge in [-0.15, -0.1) is 0 Å². The summed E-state index contributed by atoms with van der Waals surface area (Å²) >= 11 is 0. The van der Waals surface area contributed by atoms with Crippen molar-refractivity contribution in [3.05, 3.63) is 48.0 Å². The van der Waals surface area contributed by atoms with E-state index in [0.717, 1.165) is 16.4 Å². The van der Waals surface area contributed by atoms with E-state index in [1.807, 2.05) is 24.3 Å². The van der Waals surface area contributed by atoms with Crippen molar-refractivity contribution in [2.45, 2.75) is 18.6 Å². The number of amides is 2. The van der Waals surface area contributed by atoms with E-state index in [4.69, 9.17) is 13.9 Å². The summed E-state index contributed by atoms with van der Waals surface area (Å²) in [6, 6.07) is 12.0. The highest BCUT2D eigenvalue weighted by Gasteiger charge is 2.40. The zero-order chi connectivity index (χ0) is 21.3. The molecule has 0 saturated carbocycles. The first-order chi connectivity index (χ1) is 14.5. The van der Waals surface area contributed by atoms with Crippen molar-refractivity contribution in [2.75, 3.05) is 27.3 Å². The second-order valence-electron chi connectivity index (χ2n) is 7.17. The van der Waals surface area contributed by atoms with Crippen LogP contribution >= 0.6 is 0 Å². The number of rotatable bonds is 5. The van der Waals surface area contributed by atoms with Gasteiger partial charge in [-0.25, -0.2) is 4.79 Å². The largest absolute Gasteiger partial charge is 0.467 e. The van der Waals surface area contributed by atoms with Crippen molar-refractivity contribution < 1.29 is 28.3 Å². The number of carbonyl (C=O) groups excluding carboxylic acids is 3. The molecule has 8 nitrogen and oxygen atoms in total. The summed E-state index contributed by atoms with van der Waals surface area (Å²) < 4.78 is 15.8. The molecule has 2 aromatic carbocycles. The maximum absolute atomic E-state index is 12.7. The molecule has 0 unspecified atom stereocenters. The molecular formula is C22H22N2O6. The van der Waals surface area contributed by atoms with Crippen LogP contribution < -0.4 is 5.32 Å². The SMILES string of the molecule is COC(=O)[C@@H]1C[C@@H](OC)CN1C(=O)CNC(=O)c1ccc2oc3ccccc3c2c1. The molecule has 1 saturated heterocycles. The Kier molecular flexibility index (Phi) is 5.41. The number of hydrogen-bond donors (Lipinski definition) is 1. The van der Waals surface area contributed by atoms with Crippen molar-refractivity contribution in [2.24, 2.45) is 0 Å². The predicted molar refractivity (Wildman–Crippen MR) is 109 cm³/mol. The summed E-state index contributed by atoms with van der Waals surface area (Å²) in [6.07, 6.45) is 0.123. The molecule has 1 N–H and O–H groups in total. The number of likely N-dealkylation sites (tertiary alicyclic amines) is 1. The van der Waals surface area contributed by atoms with Crippen LogP contribution in [0.25, 0.3) is 21.9 Å². The van der Waals surface area contributed by atoms with Crippen molar-refractivity contribution in [3.8, 4) is 0 Å². The fraction of sp³-hybridized carbons (Fsp3) is 0.318. The minimum atomic E-state index is -0.710. The van der Waals surface area contributed by atoms with Gasteiger partial charge in [0.1, 0.15) is 17.2 Å². The lowest BCUT2D eigenvalue weighted by molar-refractivity contribution is -0.150. The van der Waals surface area contributed by atoms with E-state index >= 15 is 0 Å². The highest BCUT2D eigenvalue weighted by molar-refractivity contribution is 6.08. The Balaban J connectivity index is 1.47. The number of ether oxygens (including phenoxy) is 2. The third-order valence-electron chi connectivity index (χ3n) is 5.43. The average molecular weight is 410 g/mol. The molecule has 1 fully saturated rings. The molecule has 8 heteroatoms. The van der Waals surface area contributed by atoms with Crippen LogP contribution in [0.5, 0.6) is 0 Å². The lowest BCUT2D eigenvalue weighted by Crippen LogP contribution is -2.46. The number of furan rings is 1. The number of benzene rings is 2. The van der Waals surface area contributed by atoms with Crippen molar-refractivity contribution in [1.82, 2.24) is 10.2 Å². The number of fused-ring (bicyclic) bond motifs is 3. The number of carbonyl (C=O) groups is 3. The third kappa shape index (κ3) is 3.61. The van der Waals surface area contributed by atoms with Gasteiger partial charge in [0, 0.05) is 36.4 Å². The standard InChI is InChI=1S/C22H22N2O6/c1-28-14-10-17(22(27)29-2)24(12-14)20(25)11-23-21(26)13-7-8-19-16(9-13)15-5-3-4-6-18(15)30-19/h3-9,14,17H,10-12H2,1-2H3,(H,23,26)/t14-,17+/m1/s1. The fourth-order valence-corrected chi connectivity index (χ4v) is 3.83. The highest BCUT2D eigenvalue weighted by Crippen LogP contribution is 2.29. The quantitative estimate of drug-likeness (QED) is 0.647. The Morgan fingerprint density at radius 1 is 1.10 bits per heavy atom. The Morgan fingerprint density at radius 3 is 2.63 bits per heavy atom. The van der Waals surface area contributed by atoms with Gasteiger partial charge >= 0.3 is 5.97 Å². The molecule has 4 rings (SSSR count). The summed E-state index contributed by atoms with van der Waals surface area (Å²) in [7, 11) is 2.81. The van der Waals surface area contributed by atoms with Gasteiger partial charge in [0.05, 0.1) is 19.8 Å². The molecule has 30 heavy (non-hydrogen) atoms. The van der Waals surface area contributed by atoms with E-state index in [1.165, 1.54) is 19.1 Å². The number of hydrogen-bond acceptors (Lipinski definition) is 6. The lowest BCUT2D eigenvalue weighted by Gasteiger charge is -2.22. The number of para-hydroxylation sites is 1. The van der Waals surface area contributed by atoms with Gasteiger partial charge in [-0.05, 0) is 24.3 Å². The zero-order valence-electron chi connectivity index (χ0n) is 16.7. The molecule has 0 radical (unpaired) electrons. The van der Waals surface area contributed by atoms with Crippen molar-refractivity contribution >= 4 is 39.7 Å². The normalized spacial score (nSPS) is 18.7. The van der Waals surface area contributed by atoms with E-state index in [0.29, 0.717) is 17.6 Å². The van der Waals surface area contributed by atoms with Crippen LogP contribution in [0.3, 0.4) is 0 Å². The Hall–Kier alpha value is -3.39. The first kappa shape index (κ1) is 19.9. The van der Waals surface area contributed by atoms with Crippen LogP contribution in [0.15, 0.2) is 46.9 Å². The molecular weight excluding hydrogens is 388 g/mol. The van der Waals surface area contributed by atoms with Gasteiger partial charge in [-0.3, -0.25) is 9.59 Å². The zero-order valence-corrected chi connectivity index (χ0v) is 16.7. The van der Waals surface area contributed by atoms with Crippen LogP contribution in [0.4, 0.5) is 0 Å². The highest BCUT2D eigenvalue weighted by atomic mass is 16.5. The number of esters is 1. The lowest BCUT2D eigenvalue weighted by atomic mass is 10.1. The van der Waals surface area contributed by atoms with E-state index in [9.17, 15) is 14.4 Å². The number of nitrogens with zero attached hydrogens (tertiary/aromatic N) is 1. The molecule has 1 aromatic heterocycles. The Labute approximate surface area is 172 Å². The van der Waals surface area contributed by atoms with Crippen molar-refractivity contribution in [3.63, 3.8) is 0 Å². The van der Waals surface area contributed by atoms with Gasteiger partial charge in [0.2, 0.25) is 5.91 Å². The van der Waals surface area contributed by atoms with E-state index in [-0.39, 0.29) is 31.0 Å². The minimum Gasteiger partial charge on any atom is -0.467 e. The fourth-order valence-electron chi connectivity index (χ4n) is 3.83.